The Morgan fingerprint density at radius 1 is 1.17 bits per heavy atom. The van der Waals surface area contributed by atoms with Gasteiger partial charge in [-0.15, -0.1) is 0 Å². The molecule has 0 N–H and O–H groups in total. The smallest absolute Gasteiger partial charge is 0.0402 e. The molecule has 0 saturated heterocycles. The number of rotatable bonds is 6. The van der Waals surface area contributed by atoms with Gasteiger partial charge in [0, 0.05) is 23.2 Å². The van der Waals surface area contributed by atoms with Gasteiger partial charge in [0.1, 0.15) is 0 Å². The van der Waals surface area contributed by atoms with Crippen LogP contribution in [0.5, 0.6) is 0 Å². The van der Waals surface area contributed by atoms with Crippen molar-refractivity contribution >= 4 is 21.6 Å². The largest absolute Gasteiger partial charge is 0.371 e. The molecular formula is C16H26BrN. The molecule has 102 valence electrons. The predicted octanol–water partition coefficient (Wildman–Crippen LogP) is 5.44. The molecular weight excluding hydrogens is 286 g/mol. The first-order valence-electron chi connectivity index (χ1n) is 7.03. The van der Waals surface area contributed by atoms with Crippen molar-refractivity contribution in [2.75, 3.05) is 18.0 Å². The van der Waals surface area contributed by atoms with Crippen LogP contribution in [0.1, 0.15) is 52.5 Å². The quantitative estimate of drug-likeness (QED) is 0.675. The van der Waals surface area contributed by atoms with E-state index in [4.69, 9.17) is 0 Å². The Hall–Kier alpha value is -0.500. The number of nitrogens with zero attached hydrogens (tertiary/aromatic N) is 1. The van der Waals surface area contributed by atoms with Gasteiger partial charge in [0.15, 0.2) is 0 Å². The fourth-order valence-electron chi connectivity index (χ4n) is 2.27. The van der Waals surface area contributed by atoms with Crippen LogP contribution in [-0.2, 0) is 0 Å². The lowest BCUT2D eigenvalue weighted by Gasteiger charge is -2.29. The molecule has 2 heteroatoms. The molecule has 0 aliphatic carbocycles. The third-order valence-electron chi connectivity index (χ3n) is 3.44. The van der Waals surface area contributed by atoms with Gasteiger partial charge in [0.25, 0.3) is 0 Å². The van der Waals surface area contributed by atoms with Crippen LogP contribution >= 0.6 is 15.9 Å². The van der Waals surface area contributed by atoms with Crippen LogP contribution in [0.3, 0.4) is 0 Å². The number of hydrogen-bond acceptors (Lipinski definition) is 1. The molecule has 0 aromatic heterocycles. The van der Waals surface area contributed by atoms with Crippen LogP contribution in [0.15, 0.2) is 22.7 Å². The maximum atomic E-state index is 3.60. The Morgan fingerprint density at radius 2 is 1.83 bits per heavy atom. The van der Waals surface area contributed by atoms with Crippen molar-refractivity contribution in [3.8, 4) is 0 Å². The summed E-state index contributed by atoms with van der Waals surface area (Å²) >= 11 is 3.60. The minimum atomic E-state index is 0.610. The fourth-order valence-corrected chi connectivity index (χ4v) is 2.65. The highest BCUT2D eigenvalue weighted by molar-refractivity contribution is 9.10. The van der Waals surface area contributed by atoms with Gasteiger partial charge in [-0.3, -0.25) is 0 Å². The Morgan fingerprint density at radius 3 is 2.33 bits per heavy atom. The van der Waals surface area contributed by atoms with Crippen LogP contribution in [0.2, 0.25) is 0 Å². The zero-order valence-corrected chi connectivity index (χ0v) is 13.9. The van der Waals surface area contributed by atoms with E-state index >= 15 is 0 Å². The fraction of sp³-hybridized carbons (Fsp3) is 0.625. The van der Waals surface area contributed by atoms with E-state index in [-0.39, 0.29) is 0 Å². The van der Waals surface area contributed by atoms with E-state index in [2.05, 4.69) is 73.6 Å². The molecule has 1 unspecified atom stereocenters. The number of hydrogen-bond donors (Lipinski definition) is 0. The van der Waals surface area contributed by atoms with Crippen molar-refractivity contribution in [1.82, 2.24) is 0 Å². The zero-order valence-electron chi connectivity index (χ0n) is 12.3. The lowest BCUT2D eigenvalue weighted by atomic mass is 9.96. The monoisotopic (exact) mass is 311 g/mol. The van der Waals surface area contributed by atoms with E-state index in [0.717, 1.165) is 13.1 Å². The van der Waals surface area contributed by atoms with Crippen molar-refractivity contribution in [3.63, 3.8) is 0 Å². The van der Waals surface area contributed by atoms with Crippen molar-refractivity contribution in [2.45, 2.75) is 47.0 Å². The molecule has 0 heterocycles. The van der Waals surface area contributed by atoms with Gasteiger partial charge in [-0.25, -0.2) is 0 Å². The molecule has 0 aliphatic heterocycles. The zero-order chi connectivity index (χ0) is 13.7. The van der Waals surface area contributed by atoms with Gasteiger partial charge in [-0.2, -0.15) is 0 Å². The second-order valence-corrected chi connectivity index (χ2v) is 6.36. The van der Waals surface area contributed by atoms with E-state index in [1.165, 1.54) is 22.1 Å². The summed E-state index contributed by atoms with van der Waals surface area (Å²) in [5.74, 6) is 1.30. The SMILES string of the molecule is CCC(C)c1cc(Br)ccc1N(CC)CC(C)C. The second kappa shape index (κ2) is 7.18. The number of anilines is 1. The minimum absolute atomic E-state index is 0.610. The first-order valence-corrected chi connectivity index (χ1v) is 7.83. The Bertz CT molecular complexity index is 373. The summed E-state index contributed by atoms with van der Waals surface area (Å²) in [5.41, 5.74) is 2.87. The lowest BCUT2D eigenvalue weighted by Crippen LogP contribution is -2.28. The first kappa shape index (κ1) is 15.6. The third-order valence-corrected chi connectivity index (χ3v) is 3.93. The summed E-state index contributed by atoms with van der Waals surface area (Å²) in [6.07, 6.45) is 1.18. The second-order valence-electron chi connectivity index (χ2n) is 5.44. The van der Waals surface area contributed by atoms with Gasteiger partial charge < -0.3 is 4.90 Å². The van der Waals surface area contributed by atoms with Crippen molar-refractivity contribution < 1.29 is 0 Å². The first-order chi connectivity index (χ1) is 8.49. The highest BCUT2D eigenvalue weighted by Gasteiger charge is 2.15. The molecule has 0 saturated carbocycles. The average Bonchev–Trinajstić information content (AvgIpc) is 2.35. The summed E-state index contributed by atoms with van der Waals surface area (Å²) in [6, 6.07) is 6.70. The van der Waals surface area contributed by atoms with Gasteiger partial charge in [-0.05, 0) is 48.9 Å². The van der Waals surface area contributed by atoms with Crippen molar-refractivity contribution in [2.24, 2.45) is 5.92 Å². The van der Waals surface area contributed by atoms with Crippen LogP contribution < -0.4 is 4.90 Å². The van der Waals surface area contributed by atoms with Crippen LogP contribution in [0.4, 0.5) is 5.69 Å². The molecule has 0 amide bonds. The predicted molar refractivity (Wildman–Crippen MR) is 85.6 cm³/mol. The topological polar surface area (TPSA) is 3.24 Å². The van der Waals surface area contributed by atoms with Gasteiger partial charge >= 0.3 is 0 Å². The van der Waals surface area contributed by atoms with Crippen LogP contribution in [-0.4, -0.2) is 13.1 Å². The molecule has 0 fully saturated rings. The van der Waals surface area contributed by atoms with E-state index < -0.39 is 0 Å². The summed E-state index contributed by atoms with van der Waals surface area (Å²) in [5, 5.41) is 0. The van der Waals surface area contributed by atoms with E-state index in [1.807, 2.05) is 0 Å². The van der Waals surface area contributed by atoms with E-state index in [9.17, 15) is 0 Å². The molecule has 0 radical (unpaired) electrons. The Kier molecular flexibility index (Phi) is 6.20. The molecule has 0 aliphatic rings. The maximum absolute atomic E-state index is 3.60. The number of benzene rings is 1. The van der Waals surface area contributed by atoms with Crippen molar-refractivity contribution in [1.29, 1.82) is 0 Å². The van der Waals surface area contributed by atoms with Gasteiger partial charge in [0.05, 0.1) is 0 Å². The average molecular weight is 312 g/mol. The lowest BCUT2D eigenvalue weighted by molar-refractivity contribution is 0.613. The summed E-state index contributed by atoms with van der Waals surface area (Å²) in [6.45, 7) is 13.6. The van der Waals surface area contributed by atoms with E-state index in [0.29, 0.717) is 11.8 Å². The minimum Gasteiger partial charge on any atom is -0.371 e. The molecule has 1 nitrogen and oxygen atoms in total. The maximum Gasteiger partial charge on any atom is 0.0402 e. The Balaban J connectivity index is 3.12. The molecule has 0 bridgehead atoms. The molecule has 1 aromatic rings. The third kappa shape index (κ3) is 4.01. The molecule has 1 atom stereocenters. The summed E-state index contributed by atoms with van der Waals surface area (Å²) in [4.78, 5) is 2.50. The van der Waals surface area contributed by atoms with Gasteiger partial charge in [-0.1, -0.05) is 43.6 Å². The Labute approximate surface area is 121 Å². The normalized spacial score (nSPS) is 12.8. The molecule has 1 rings (SSSR count). The van der Waals surface area contributed by atoms with Gasteiger partial charge in [0.2, 0.25) is 0 Å². The summed E-state index contributed by atoms with van der Waals surface area (Å²) in [7, 11) is 0. The number of halogens is 1. The molecule has 18 heavy (non-hydrogen) atoms. The highest BCUT2D eigenvalue weighted by Crippen LogP contribution is 2.32. The van der Waals surface area contributed by atoms with Crippen LogP contribution in [0.25, 0.3) is 0 Å². The highest BCUT2D eigenvalue weighted by atomic mass is 79.9. The van der Waals surface area contributed by atoms with Crippen LogP contribution in [0, 0.1) is 5.92 Å². The molecule has 0 spiro atoms. The standard InChI is InChI=1S/C16H26BrN/c1-6-13(5)15-10-14(17)8-9-16(15)18(7-2)11-12(3)4/h8-10,12-13H,6-7,11H2,1-5H3. The van der Waals surface area contributed by atoms with Crippen molar-refractivity contribution in [3.05, 3.63) is 28.2 Å². The van der Waals surface area contributed by atoms with E-state index in [1.54, 1.807) is 0 Å². The summed E-state index contributed by atoms with van der Waals surface area (Å²) < 4.78 is 1.18. The molecule has 1 aromatic carbocycles.